The Bertz CT molecular complexity index is 612. The smallest absolute Gasteiger partial charge is 0.191 e. The second kappa shape index (κ2) is 15.0. The Morgan fingerprint density at radius 3 is 2.40 bits per heavy atom. The van der Waals surface area contributed by atoms with Crippen LogP contribution in [0.2, 0.25) is 0 Å². The third-order valence-corrected chi connectivity index (χ3v) is 5.74. The van der Waals surface area contributed by atoms with Gasteiger partial charge in [0.1, 0.15) is 12.4 Å². The van der Waals surface area contributed by atoms with Gasteiger partial charge < -0.3 is 19.9 Å². The molecule has 0 aromatic carbocycles. The molecule has 1 saturated heterocycles. The van der Waals surface area contributed by atoms with Crippen LogP contribution in [0.4, 0.5) is 0 Å². The van der Waals surface area contributed by atoms with Crippen LogP contribution in [0, 0.1) is 12.8 Å². The topological polar surface area (TPSA) is 79.6 Å². The van der Waals surface area contributed by atoms with Crippen molar-refractivity contribution in [2.24, 2.45) is 18.0 Å². The van der Waals surface area contributed by atoms with Crippen molar-refractivity contribution in [3.8, 4) is 0 Å². The van der Waals surface area contributed by atoms with Gasteiger partial charge in [-0.2, -0.15) is 0 Å². The van der Waals surface area contributed by atoms with Gasteiger partial charge in [0, 0.05) is 39.9 Å². The van der Waals surface area contributed by atoms with E-state index >= 15 is 0 Å². The van der Waals surface area contributed by atoms with Gasteiger partial charge in [-0.1, -0.05) is 26.7 Å². The average molecular weight is 536 g/mol. The quantitative estimate of drug-likeness (QED) is 0.208. The summed E-state index contributed by atoms with van der Waals surface area (Å²) in [5.41, 5.74) is 0. The summed E-state index contributed by atoms with van der Waals surface area (Å²) >= 11 is 0. The molecule has 0 saturated carbocycles. The summed E-state index contributed by atoms with van der Waals surface area (Å²) in [5.74, 6) is 3.20. The van der Waals surface area contributed by atoms with E-state index in [1.165, 1.54) is 38.8 Å². The number of hydrogen-bond donors (Lipinski definition) is 2. The molecule has 0 radical (unpaired) electrons. The first kappa shape index (κ1) is 27.1. The highest BCUT2D eigenvalue weighted by Crippen LogP contribution is 2.17. The van der Waals surface area contributed by atoms with Crippen molar-refractivity contribution < 1.29 is 4.74 Å². The molecule has 174 valence electrons. The van der Waals surface area contributed by atoms with E-state index < -0.39 is 0 Å². The van der Waals surface area contributed by atoms with Crippen LogP contribution in [0.25, 0.3) is 0 Å². The number of aliphatic imine (C=N–C) groups is 1. The number of halogens is 1. The Morgan fingerprint density at radius 2 is 1.83 bits per heavy atom. The van der Waals surface area contributed by atoms with Crippen molar-refractivity contribution in [1.29, 1.82) is 0 Å². The van der Waals surface area contributed by atoms with E-state index in [1.807, 2.05) is 18.5 Å². The van der Waals surface area contributed by atoms with E-state index in [-0.39, 0.29) is 24.0 Å². The number of rotatable bonds is 10. The van der Waals surface area contributed by atoms with Crippen molar-refractivity contribution in [3.63, 3.8) is 0 Å². The molecule has 9 heteroatoms. The minimum Gasteiger partial charge on any atom is -0.385 e. The molecule has 1 aliphatic rings. The Balaban J connectivity index is 0.00000450. The van der Waals surface area contributed by atoms with Crippen LogP contribution < -0.4 is 10.6 Å². The molecule has 0 aliphatic carbocycles. The molecular formula is C21H42IN7O. The Kier molecular flexibility index (Phi) is 13.5. The van der Waals surface area contributed by atoms with Gasteiger partial charge in [-0.3, -0.25) is 4.90 Å². The molecule has 1 atom stereocenters. The lowest BCUT2D eigenvalue weighted by molar-refractivity contribution is 0.161. The largest absolute Gasteiger partial charge is 0.385 e. The fraction of sp³-hybridized carbons (Fsp3) is 0.857. The molecule has 2 rings (SSSR count). The van der Waals surface area contributed by atoms with Gasteiger partial charge in [0.25, 0.3) is 0 Å². The van der Waals surface area contributed by atoms with Crippen LogP contribution in [-0.4, -0.2) is 71.6 Å². The molecule has 8 nitrogen and oxygen atoms in total. The summed E-state index contributed by atoms with van der Waals surface area (Å²) < 4.78 is 7.15. The van der Waals surface area contributed by atoms with E-state index in [1.54, 1.807) is 7.11 Å². The van der Waals surface area contributed by atoms with E-state index in [4.69, 9.17) is 9.73 Å². The maximum absolute atomic E-state index is 5.16. The number of methoxy groups -OCH3 is 1. The Labute approximate surface area is 199 Å². The first-order valence-electron chi connectivity index (χ1n) is 11.1. The van der Waals surface area contributed by atoms with E-state index in [0.29, 0.717) is 18.5 Å². The maximum atomic E-state index is 5.16. The molecule has 0 spiro atoms. The van der Waals surface area contributed by atoms with Crippen LogP contribution in [0.15, 0.2) is 4.99 Å². The summed E-state index contributed by atoms with van der Waals surface area (Å²) in [5, 5.41) is 15.4. The predicted octanol–water partition coefficient (Wildman–Crippen LogP) is 2.71. The van der Waals surface area contributed by atoms with Crippen LogP contribution in [-0.2, 0) is 18.3 Å². The predicted molar refractivity (Wildman–Crippen MR) is 133 cm³/mol. The highest BCUT2D eigenvalue weighted by Gasteiger charge is 2.23. The normalized spacial score (nSPS) is 16.8. The van der Waals surface area contributed by atoms with Crippen molar-refractivity contribution >= 4 is 29.9 Å². The van der Waals surface area contributed by atoms with Gasteiger partial charge in [-0.25, -0.2) is 4.99 Å². The molecule has 2 heterocycles. The highest BCUT2D eigenvalue weighted by atomic mass is 127. The number of ether oxygens (including phenoxy) is 1. The Hall–Kier alpha value is -0.940. The third-order valence-electron chi connectivity index (χ3n) is 5.74. The summed E-state index contributed by atoms with van der Waals surface area (Å²) in [4.78, 5) is 7.44. The molecular weight excluding hydrogens is 493 g/mol. The van der Waals surface area contributed by atoms with Gasteiger partial charge in [0.15, 0.2) is 11.8 Å². The second-order valence-electron chi connectivity index (χ2n) is 8.30. The zero-order valence-corrected chi connectivity index (χ0v) is 21.8. The summed E-state index contributed by atoms with van der Waals surface area (Å²) in [6.07, 6.45) is 6.29. The molecule has 0 bridgehead atoms. The lowest BCUT2D eigenvalue weighted by Crippen LogP contribution is -2.50. The van der Waals surface area contributed by atoms with Crippen molar-refractivity contribution in [2.45, 2.75) is 65.5 Å². The Morgan fingerprint density at radius 1 is 1.13 bits per heavy atom. The molecule has 1 aliphatic heterocycles. The fourth-order valence-electron chi connectivity index (χ4n) is 3.75. The average Bonchev–Trinajstić information content (AvgIpc) is 2.90. The third kappa shape index (κ3) is 9.05. The number of nitrogens with one attached hydrogen (secondary N) is 2. The number of likely N-dealkylation sites (tertiary alicyclic amines) is 1. The van der Waals surface area contributed by atoms with E-state index in [9.17, 15) is 0 Å². The first-order chi connectivity index (χ1) is 14.0. The fourth-order valence-corrected chi connectivity index (χ4v) is 3.75. The van der Waals surface area contributed by atoms with Crippen molar-refractivity contribution in [1.82, 2.24) is 30.3 Å². The summed E-state index contributed by atoms with van der Waals surface area (Å²) in [6, 6.07) is 0.510. The summed E-state index contributed by atoms with van der Waals surface area (Å²) in [7, 11) is 3.71. The standard InChI is InChI=1S/C21H41N7O.HI/c1-17(2)19(28-12-8-6-7-9-13-28)15-23-21(22-11-10-14-29-5)24-16-20-26-25-18(3)27(20)4;/h17,19H,6-16H2,1-5H3,(H2,22,23,24);1H. The van der Waals surface area contributed by atoms with Crippen LogP contribution in [0.5, 0.6) is 0 Å². The highest BCUT2D eigenvalue weighted by molar-refractivity contribution is 14.0. The molecule has 1 aromatic rings. The monoisotopic (exact) mass is 535 g/mol. The lowest BCUT2D eigenvalue weighted by atomic mass is 10.0. The molecule has 1 unspecified atom stereocenters. The summed E-state index contributed by atoms with van der Waals surface area (Å²) in [6.45, 7) is 12.0. The van der Waals surface area contributed by atoms with Gasteiger partial charge in [0.2, 0.25) is 0 Å². The number of nitrogens with zero attached hydrogens (tertiary/aromatic N) is 5. The van der Waals surface area contributed by atoms with Crippen LogP contribution >= 0.6 is 24.0 Å². The van der Waals surface area contributed by atoms with E-state index in [2.05, 4.69) is 39.6 Å². The zero-order chi connectivity index (χ0) is 21.1. The zero-order valence-electron chi connectivity index (χ0n) is 19.5. The van der Waals surface area contributed by atoms with Gasteiger partial charge in [0.05, 0.1) is 0 Å². The maximum Gasteiger partial charge on any atom is 0.191 e. The number of aromatic nitrogens is 3. The van der Waals surface area contributed by atoms with Crippen LogP contribution in [0.3, 0.4) is 0 Å². The van der Waals surface area contributed by atoms with Crippen molar-refractivity contribution in [3.05, 3.63) is 11.6 Å². The van der Waals surface area contributed by atoms with Crippen LogP contribution in [0.1, 0.15) is 57.6 Å². The number of aryl methyl sites for hydroxylation is 1. The molecule has 2 N–H and O–H groups in total. The van der Waals surface area contributed by atoms with Gasteiger partial charge in [-0.05, 0) is 45.2 Å². The molecule has 1 fully saturated rings. The molecule has 1 aromatic heterocycles. The minimum absolute atomic E-state index is 0. The molecule has 30 heavy (non-hydrogen) atoms. The van der Waals surface area contributed by atoms with Gasteiger partial charge in [-0.15, -0.1) is 34.2 Å². The lowest BCUT2D eigenvalue weighted by Gasteiger charge is -2.34. The SMILES string of the molecule is COCCCNC(=NCc1nnc(C)n1C)NCC(C(C)C)N1CCCCCC1.I. The second-order valence-corrected chi connectivity index (χ2v) is 8.30. The molecule has 0 amide bonds. The first-order valence-corrected chi connectivity index (χ1v) is 11.1. The minimum atomic E-state index is 0. The number of hydrogen-bond acceptors (Lipinski definition) is 5. The van der Waals surface area contributed by atoms with E-state index in [0.717, 1.165) is 43.7 Å². The van der Waals surface area contributed by atoms with Gasteiger partial charge >= 0.3 is 0 Å². The number of guanidine groups is 1. The van der Waals surface area contributed by atoms with Crippen molar-refractivity contribution in [2.75, 3.05) is 39.9 Å².